The van der Waals surface area contributed by atoms with E-state index in [2.05, 4.69) is 0 Å². The molecule has 0 amide bonds. The SMILES string of the molecule is O[C@@H](c1ccccc1)C1[C@@H]2C[C@H]3C[C@@](Cl)(C2)C[C@]1(O)C3. The fourth-order valence-corrected chi connectivity index (χ4v) is 6.11. The zero-order chi connectivity index (χ0) is 14.0. The van der Waals surface area contributed by atoms with Crippen molar-refractivity contribution < 1.29 is 10.2 Å². The predicted molar refractivity (Wildman–Crippen MR) is 78.5 cm³/mol. The Morgan fingerprint density at radius 3 is 2.55 bits per heavy atom. The average molecular weight is 293 g/mol. The first-order valence-corrected chi connectivity index (χ1v) is 8.01. The number of alkyl halides is 1. The second-order valence-corrected chi connectivity index (χ2v) is 8.09. The minimum Gasteiger partial charge on any atom is -0.389 e. The molecule has 1 aromatic carbocycles. The first kappa shape index (κ1) is 13.1. The van der Waals surface area contributed by atoms with Crippen LogP contribution in [-0.4, -0.2) is 20.7 Å². The third-order valence-electron chi connectivity index (χ3n) is 5.79. The number of aliphatic hydroxyl groups is 2. The molecule has 6 atom stereocenters. The third kappa shape index (κ3) is 1.85. The zero-order valence-electron chi connectivity index (χ0n) is 11.5. The maximum absolute atomic E-state index is 11.1. The molecule has 2 nitrogen and oxygen atoms in total. The van der Waals surface area contributed by atoms with E-state index in [9.17, 15) is 10.2 Å². The standard InChI is InChI=1S/C17H21ClO2/c18-16-7-11-6-13(9-16)14(17(20,8-11)10-16)15(19)12-4-2-1-3-5-12/h1-5,11,13-15,19-20H,6-10H2/t11-,13+,14?,15-,16+,17+/m0/s1. The van der Waals surface area contributed by atoms with Gasteiger partial charge in [0, 0.05) is 10.8 Å². The summed E-state index contributed by atoms with van der Waals surface area (Å²) >= 11 is 6.69. The highest BCUT2D eigenvalue weighted by atomic mass is 35.5. The van der Waals surface area contributed by atoms with E-state index in [1.165, 1.54) is 0 Å². The molecule has 0 radical (unpaired) electrons. The van der Waals surface area contributed by atoms with Crippen LogP contribution < -0.4 is 0 Å². The minimum atomic E-state index is -0.777. The van der Waals surface area contributed by atoms with Crippen LogP contribution in [-0.2, 0) is 0 Å². The second kappa shape index (κ2) is 4.22. The van der Waals surface area contributed by atoms with Crippen molar-refractivity contribution in [2.24, 2.45) is 17.8 Å². The van der Waals surface area contributed by atoms with Crippen LogP contribution in [0.25, 0.3) is 0 Å². The topological polar surface area (TPSA) is 40.5 Å². The normalized spacial score (nSPS) is 47.5. The average Bonchev–Trinajstić information content (AvgIpc) is 2.36. The van der Waals surface area contributed by atoms with Crippen molar-refractivity contribution in [3.63, 3.8) is 0 Å². The molecule has 20 heavy (non-hydrogen) atoms. The maximum Gasteiger partial charge on any atom is 0.0848 e. The molecule has 0 aliphatic heterocycles. The molecular formula is C17H21ClO2. The predicted octanol–water partition coefficient (Wildman–Crippen LogP) is 3.27. The largest absolute Gasteiger partial charge is 0.389 e. The van der Waals surface area contributed by atoms with Crippen LogP contribution in [0, 0.1) is 17.8 Å². The molecule has 3 heteroatoms. The van der Waals surface area contributed by atoms with Crippen LogP contribution in [0.3, 0.4) is 0 Å². The van der Waals surface area contributed by atoms with Crippen molar-refractivity contribution in [3.05, 3.63) is 35.9 Å². The van der Waals surface area contributed by atoms with Crippen LogP contribution in [0.5, 0.6) is 0 Å². The van der Waals surface area contributed by atoms with Crippen LogP contribution in [0.15, 0.2) is 30.3 Å². The number of rotatable bonds is 2. The van der Waals surface area contributed by atoms with Crippen molar-refractivity contribution in [2.45, 2.75) is 48.7 Å². The summed E-state index contributed by atoms with van der Waals surface area (Å²) in [6.07, 6.45) is 3.98. The molecule has 4 aliphatic carbocycles. The molecule has 108 valence electrons. The molecule has 0 aromatic heterocycles. The van der Waals surface area contributed by atoms with E-state index in [0.717, 1.165) is 31.2 Å². The quantitative estimate of drug-likeness (QED) is 0.822. The van der Waals surface area contributed by atoms with E-state index < -0.39 is 11.7 Å². The second-order valence-electron chi connectivity index (χ2n) is 7.29. The van der Waals surface area contributed by atoms with Crippen LogP contribution in [0.4, 0.5) is 0 Å². The van der Waals surface area contributed by atoms with Crippen LogP contribution in [0.2, 0.25) is 0 Å². The van der Waals surface area contributed by atoms with Crippen molar-refractivity contribution in [2.75, 3.05) is 0 Å². The first-order valence-electron chi connectivity index (χ1n) is 7.63. The molecule has 5 rings (SSSR count). The highest BCUT2D eigenvalue weighted by Gasteiger charge is 2.63. The Labute approximate surface area is 124 Å². The van der Waals surface area contributed by atoms with Gasteiger partial charge >= 0.3 is 0 Å². The number of hydrogen-bond donors (Lipinski definition) is 2. The zero-order valence-corrected chi connectivity index (χ0v) is 12.3. The lowest BCUT2D eigenvalue weighted by Gasteiger charge is -2.62. The maximum atomic E-state index is 11.1. The van der Waals surface area contributed by atoms with Gasteiger partial charge in [-0.25, -0.2) is 0 Å². The number of aliphatic hydroxyl groups excluding tert-OH is 1. The first-order chi connectivity index (χ1) is 9.49. The highest BCUT2D eigenvalue weighted by Crippen LogP contribution is 2.64. The Hall–Kier alpha value is -0.570. The van der Waals surface area contributed by atoms with Gasteiger partial charge in [0.15, 0.2) is 0 Å². The summed E-state index contributed by atoms with van der Waals surface area (Å²) in [5, 5.41) is 21.9. The summed E-state index contributed by atoms with van der Waals surface area (Å²) in [5.41, 5.74) is 0.142. The summed E-state index contributed by atoms with van der Waals surface area (Å²) < 4.78 is 0. The van der Waals surface area contributed by atoms with Crippen molar-refractivity contribution in [1.29, 1.82) is 0 Å². The van der Waals surface area contributed by atoms with E-state index in [-0.39, 0.29) is 10.8 Å². The monoisotopic (exact) mass is 292 g/mol. The molecule has 1 unspecified atom stereocenters. The van der Waals surface area contributed by atoms with Crippen molar-refractivity contribution in [3.8, 4) is 0 Å². The van der Waals surface area contributed by atoms with Gasteiger partial charge < -0.3 is 10.2 Å². The van der Waals surface area contributed by atoms with E-state index in [1.54, 1.807) is 0 Å². The molecule has 4 fully saturated rings. The van der Waals surface area contributed by atoms with Crippen molar-refractivity contribution >= 4 is 11.6 Å². The van der Waals surface area contributed by atoms with Gasteiger partial charge in [0.05, 0.1) is 11.7 Å². The molecule has 0 heterocycles. The lowest BCUT2D eigenvalue weighted by Crippen LogP contribution is -2.63. The lowest BCUT2D eigenvalue weighted by atomic mass is 9.48. The highest BCUT2D eigenvalue weighted by molar-refractivity contribution is 6.24. The molecule has 4 bridgehead atoms. The van der Waals surface area contributed by atoms with Gasteiger partial charge in [-0.1, -0.05) is 30.3 Å². The Balaban J connectivity index is 1.69. The third-order valence-corrected chi connectivity index (χ3v) is 6.24. The summed E-state index contributed by atoms with van der Waals surface area (Å²) in [5.74, 6) is 0.839. The summed E-state index contributed by atoms with van der Waals surface area (Å²) in [7, 11) is 0. The minimum absolute atomic E-state index is 0.0617. The van der Waals surface area contributed by atoms with Gasteiger partial charge in [-0.15, -0.1) is 11.6 Å². The van der Waals surface area contributed by atoms with E-state index >= 15 is 0 Å². The van der Waals surface area contributed by atoms with E-state index in [4.69, 9.17) is 11.6 Å². The molecular weight excluding hydrogens is 272 g/mol. The molecule has 2 N–H and O–H groups in total. The smallest absolute Gasteiger partial charge is 0.0848 e. The number of benzene rings is 1. The van der Waals surface area contributed by atoms with Gasteiger partial charge in [0.25, 0.3) is 0 Å². The Bertz CT molecular complexity index is 519. The molecule has 0 saturated heterocycles. The fourth-order valence-electron chi connectivity index (χ4n) is 5.46. The van der Waals surface area contributed by atoms with Gasteiger partial charge in [-0.2, -0.15) is 0 Å². The molecule has 0 spiro atoms. The Morgan fingerprint density at radius 2 is 1.90 bits per heavy atom. The Morgan fingerprint density at radius 1 is 1.15 bits per heavy atom. The van der Waals surface area contributed by atoms with Gasteiger partial charge in [-0.3, -0.25) is 0 Å². The molecule has 1 aromatic rings. The van der Waals surface area contributed by atoms with Crippen LogP contribution >= 0.6 is 11.6 Å². The Kier molecular flexibility index (Phi) is 2.77. The lowest BCUT2D eigenvalue weighted by molar-refractivity contribution is -0.195. The van der Waals surface area contributed by atoms with Gasteiger partial charge in [-0.05, 0) is 49.5 Å². The number of halogens is 1. The molecule has 4 aliphatic rings. The van der Waals surface area contributed by atoms with Gasteiger partial charge in [0.2, 0.25) is 0 Å². The van der Waals surface area contributed by atoms with Crippen molar-refractivity contribution in [1.82, 2.24) is 0 Å². The number of hydrogen-bond acceptors (Lipinski definition) is 2. The summed E-state index contributed by atoms with van der Waals surface area (Å²) in [6.45, 7) is 0. The van der Waals surface area contributed by atoms with E-state index in [1.807, 2.05) is 30.3 Å². The summed E-state index contributed by atoms with van der Waals surface area (Å²) in [6, 6.07) is 9.75. The molecule has 4 saturated carbocycles. The fraction of sp³-hybridized carbons (Fsp3) is 0.647. The van der Waals surface area contributed by atoms with E-state index in [0.29, 0.717) is 18.3 Å². The van der Waals surface area contributed by atoms with Crippen LogP contribution in [0.1, 0.15) is 43.8 Å². The summed E-state index contributed by atoms with van der Waals surface area (Å²) in [4.78, 5) is -0.215. The van der Waals surface area contributed by atoms with Gasteiger partial charge in [0.1, 0.15) is 0 Å².